The van der Waals surface area contributed by atoms with Crippen molar-refractivity contribution in [3.05, 3.63) is 83.5 Å². The van der Waals surface area contributed by atoms with Crippen molar-refractivity contribution in [2.45, 2.75) is 12.5 Å². The van der Waals surface area contributed by atoms with Gasteiger partial charge in [-0.25, -0.2) is 4.98 Å². The topological polar surface area (TPSA) is 102 Å². The van der Waals surface area contributed by atoms with Gasteiger partial charge in [-0.05, 0) is 47.2 Å². The summed E-state index contributed by atoms with van der Waals surface area (Å²) in [5, 5.41) is 11.1. The SMILES string of the molecule is CN(C(=O)[C@H](Cc1ccccc1)NC(=O)COn1nnc2cccnc21)c1ccc(Cl)cc1. The zero-order valence-corrected chi connectivity index (χ0v) is 18.5. The normalized spacial score (nSPS) is 11.7. The summed E-state index contributed by atoms with van der Waals surface area (Å²) in [6.45, 7) is -0.363. The predicted molar refractivity (Wildman–Crippen MR) is 124 cm³/mol. The first-order valence-electron chi connectivity index (χ1n) is 10.2. The fraction of sp³-hybridized carbons (Fsp3) is 0.174. The highest BCUT2D eigenvalue weighted by atomic mass is 35.5. The van der Waals surface area contributed by atoms with E-state index in [9.17, 15) is 9.59 Å². The Morgan fingerprint density at radius 2 is 1.85 bits per heavy atom. The first-order valence-corrected chi connectivity index (χ1v) is 10.5. The van der Waals surface area contributed by atoms with E-state index < -0.39 is 11.9 Å². The van der Waals surface area contributed by atoms with Crippen molar-refractivity contribution < 1.29 is 14.4 Å². The highest BCUT2D eigenvalue weighted by Gasteiger charge is 2.25. The van der Waals surface area contributed by atoms with Crippen molar-refractivity contribution in [1.29, 1.82) is 0 Å². The van der Waals surface area contributed by atoms with Crippen molar-refractivity contribution >= 4 is 40.3 Å². The van der Waals surface area contributed by atoms with Crippen LogP contribution in [0.2, 0.25) is 5.02 Å². The van der Waals surface area contributed by atoms with Gasteiger partial charge in [-0.1, -0.05) is 46.8 Å². The number of aromatic nitrogens is 4. The number of pyridine rings is 1. The second-order valence-corrected chi connectivity index (χ2v) is 7.70. The summed E-state index contributed by atoms with van der Waals surface area (Å²) >= 11 is 5.96. The van der Waals surface area contributed by atoms with E-state index in [4.69, 9.17) is 16.4 Å². The van der Waals surface area contributed by atoms with E-state index in [1.54, 1.807) is 49.6 Å². The molecule has 0 fully saturated rings. The molecule has 1 N–H and O–H groups in total. The Morgan fingerprint density at radius 1 is 1.09 bits per heavy atom. The summed E-state index contributed by atoms with van der Waals surface area (Å²) in [6.07, 6.45) is 1.89. The smallest absolute Gasteiger partial charge is 0.261 e. The maximum absolute atomic E-state index is 13.3. The van der Waals surface area contributed by atoms with Crippen molar-refractivity contribution in [2.24, 2.45) is 0 Å². The Hall–Kier alpha value is -3.98. The molecular formula is C23H21ClN6O3. The fourth-order valence-electron chi connectivity index (χ4n) is 3.26. The molecule has 0 aliphatic carbocycles. The fourth-order valence-corrected chi connectivity index (χ4v) is 3.39. The number of nitrogens with zero attached hydrogens (tertiary/aromatic N) is 5. The van der Waals surface area contributed by atoms with Gasteiger partial charge in [0, 0.05) is 30.4 Å². The standard InChI is InChI=1S/C23H21ClN6O3/c1-29(18-11-9-17(24)10-12-18)23(32)20(14-16-6-3-2-4-7-16)26-21(31)15-33-30-22-19(27-28-30)8-5-13-25-22/h2-13,20H,14-15H2,1H3,(H,26,31)/t20-/m0/s1. The van der Waals surface area contributed by atoms with E-state index in [1.807, 2.05) is 30.3 Å². The van der Waals surface area contributed by atoms with Crippen LogP contribution in [0.15, 0.2) is 72.9 Å². The number of halogens is 1. The summed E-state index contributed by atoms with van der Waals surface area (Å²) in [5.41, 5.74) is 2.51. The third kappa shape index (κ3) is 5.45. The van der Waals surface area contributed by atoms with Gasteiger partial charge in [-0.3, -0.25) is 9.59 Å². The van der Waals surface area contributed by atoms with Crippen LogP contribution in [0.4, 0.5) is 5.69 Å². The molecule has 0 radical (unpaired) electrons. The molecule has 0 aliphatic rings. The van der Waals surface area contributed by atoms with Gasteiger partial charge in [0.15, 0.2) is 6.61 Å². The van der Waals surface area contributed by atoms with Crippen LogP contribution in [0.5, 0.6) is 0 Å². The molecule has 0 spiro atoms. The minimum absolute atomic E-state index is 0.276. The van der Waals surface area contributed by atoms with Crippen LogP contribution in [-0.2, 0) is 16.0 Å². The number of carbonyl (C=O) groups excluding carboxylic acids is 2. The Balaban J connectivity index is 1.47. The predicted octanol–water partition coefficient (Wildman–Crippen LogP) is 2.30. The quantitative estimate of drug-likeness (QED) is 0.429. The van der Waals surface area contributed by atoms with Gasteiger partial charge in [-0.15, -0.1) is 5.10 Å². The van der Waals surface area contributed by atoms with E-state index in [-0.39, 0.29) is 12.5 Å². The first kappa shape index (κ1) is 22.2. The van der Waals surface area contributed by atoms with Gasteiger partial charge in [0.05, 0.1) is 0 Å². The molecule has 33 heavy (non-hydrogen) atoms. The largest absolute Gasteiger partial charge is 0.384 e. The monoisotopic (exact) mass is 464 g/mol. The third-order valence-corrected chi connectivity index (χ3v) is 5.21. The number of benzene rings is 2. The number of carbonyl (C=O) groups is 2. The van der Waals surface area contributed by atoms with Crippen molar-refractivity contribution in [3.8, 4) is 0 Å². The van der Waals surface area contributed by atoms with Gasteiger partial charge < -0.3 is 15.1 Å². The van der Waals surface area contributed by atoms with Crippen LogP contribution in [0.1, 0.15) is 5.56 Å². The third-order valence-electron chi connectivity index (χ3n) is 4.96. The van der Waals surface area contributed by atoms with E-state index in [1.165, 1.54) is 4.90 Å². The number of rotatable bonds is 8. The molecular weight excluding hydrogens is 444 g/mol. The van der Waals surface area contributed by atoms with E-state index in [0.29, 0.717) is 28.3 Å². The lowest BCUT2D eigenvalue weighted by atomic mass is 10.0. The number of fused-ring (bicyclic) bond motifs is 1. The van der Waals surface area contributed by atoms with Crippen LogP contribution in [0.3, 0.4) is 0 Å². The molecule has 0 aliphatic heterocycles. The van der Waals surface area contributed by atoms with Crippen molar-refractivity contribution in [3.63, 3.8) is 0 Å². The molecule has 2 aromatic heterocycles. The zero-order valence-electron chi connectivity index (χ0n) is 17.8. The summed E-state index contributed by atoms with van der Waals surface area (Å²) in [4.78, 5) is 38.1. The van der Waals surface area contributed by atoms with Crippen molar-refractivity contribution in [1.82, 2.24) is 25.5 Å². The second-order valence-electron chi connectivity index (χ2n) is 7.27. The molecule has 0 unspecified atom stereocenters. The van der Waals surface area contributed by atoms with Crippen LogP contribution < -0.4 is 15.1 Å². The molecule has 1 atom stereocenters. The maximum atomic E-state index is 13.3. The Kier molecular flexibility index (Phi) is 6.80. The van der Waals surface area contributed by atoms with Gasteiger partial charge in [-0.2, -0.15) is 0 Å². The summed E-state index contributed by atoms with van der Waals surface area (Å²) in [5.74, 6) is -0.754. The van der Waals surface area contributed by atoms with E-state index in [0.717, 1.165) is 10.4 Å². The lowest BCUT2D eigenvalue weighted by molar-refractivity contribution is -0.130. The number of hydrogen-bond acceptors (Lipinski definition) is 6. The van der Waals surface area contributed by atoms with Crippen LogP contribution >= 0.6 is 11.6 Å². The number of hydrogen-bond donors (Lipinski definition) is 1. The van der Waals surface area contributed by atoms with Gasteiger partial charge >= 0.3 is 0 Å². The van der Waals surface area contributed by atoms with Crippen molar-refractivity contribution in [2.75, 3.05) is 18.6 Å². The van der Waals surface area contributed by atoms with E-state index in [2.05, 4.69) is 20.6 Å². The number of nitrogens with one attached hydrogen (secondary N) is 1. The molecule has 9 nitrogen and oxygen atoms in total. The number of likely N-dealkylation sites (N-methyl/N-ethyl adjacent to an activating group) is 1. The summed E-state index contributed by atoms with van der Waals surface area (Å²) in [6, 6.07) is 19.0. The molecule has 2 aromatic carbocycles. The van der Waals surface area contributed by atoms with Crippen LogP contribution in [-0.4, -0.2) is 51.7 Å². The molecule has 2 amide bonds. The molecule has 168 valence electrons. The molecule has 4 aromatic rings. The molecule has 0 bridgehead atoms. The molecule has 4 rings (SSSR count). The molecule has 0 saturated heterocycles. The summed E-state index contributed by atoms with van der Waals surface area (Å²) < 4.78 is 0. The Bertz CT molecular complexity index is 1250. The Morgan fingerprint density at radius 3 is 2.61 bits per heavy atom. The molecule has 0 saturated carbocycles. The zero-order chi connectivity index (χ0) is 23.2. The van der Waals surface area contributed by atoms with Gasteiger partial charge in [0.2, 0.25) is 11.6 Å². The average molecular weight is 465 g/mol. The minimum Gasteiger partial charge on any atom is -0.384 e. The molecule has 10 heteroatoms. The molecule has 2 heterocycles. The van der Waals surface area contributed by atoms with E-state index >= 15 is 0 Å². The highest BCUT2D eigenvalue weighted by molar-refractivity contribution is 6.30. The van der Waals surface area contributed by atoms with Crippen LogP contribution in [0.25, 0.3) is 11.2 Å². The number of anilines is 1. The number of amides is 2. The Labute approximate surface area is 194 Å². The van der Waals surface area contributed by atoms with Gasteiger partial charge in [0.1, 0.15) is 11.6 Å². The maximum Gasteiger partial charge on any atom is 0.261 e. The lowest BCUT2D eigenvalue weighted by Gasteiger charge is -2.25. The second kappa shape index (κ2) is 10.1. The first-order chi connectivity index (χ1) is 16.0. The van der Waals surface area contributed by atoms with Gasteiger partial charge in [0.25, 0.3) is 5.91 Å². The minimum atomic E-state index is -0.810. The lowest BCUT2D eigenvalue weighted by Crippen LogP contribution is -2.50. The highest BCUT2D eigenvalue weighted by Crippen LogP contribution is 2.18. The summed E-state index contributed by atoms with van der Waals surface area (Å²) in [7, 11) is 1.65. The van der Waals surface area contributed by atoms with Crippen LogP contribution in [0, 0.1) is 0 Å². The average Bonchev–Trinajstić information content (AvgIpc) is 3.26.